The lowest BCUT2D eigenvalue weighted by Gasteiger charge is -2.12. The Kier molecular flexibility index (Phi) is 5.00. The molecule has 0 saturated carbocycles. The van der Waals surface area contributed by atoms with E-state index in [9.17, 15) is 20.2 Å². The summed E-state index contributed by atoms with van der Waals surface area (Å²) in [7, 11) is 0. The Morgan fingerprint density at radius 2 is 1.79 bits per heavy atom. The van der Waals surface area contributed by atoms with Crippen LogP contribution in [0.4, 0.5) is 11.4 Å². The van der Waals surface area contributed by atoms with Crippen molar-refractivity contribution >= 4 is 23.4 Å². The number of rotatable bonds is 4. The number of nitrogens with zero attached hydrogens (tertiary/aromatic N) is 2. The van der Waals surface area contributed by atoms with Crippen LogP contribution in [0.5, 0.6) is 11.5 Å². The first-order chi connectivity index (χ1) is 13.3. The van der Waals surface area contributed by atoms with E-state index in [1.54, 1.807) is 0 Å². The Bertz CT molecular complexity index is 1040. The van der Waals surface area contributed by atoms with Gasteiger partial charge in [0.2, 0.25) is 6.79 Å². The van der Waals surface area contributed by atoms with Crippen molar-refractivity contribution in [2.45, 2.75) is 20.8 Å². The largest absolute Gasteiger partial charge is 0.454 e. The Labute approximate surface area is 161 Å². The van der Waals surface area contributed by atoms with Crippen LogP contribution in [0.25, 0.3) is 6.08 Å². The van der Waals surface area contributed by atoms with Gasteiger partial charge in [0.1, 0.15) is 11.6 Å². The molecule has 2 aromatic rings. The van der Waals surface area contributed by atoms with Gasteiger partial charge >= 0.3 is 0 Å². The van der Waals surface area contributed by atoms with E-state index in [0.29, 0.717) is 11.4 Å². The number of nitro groups is 1. The standard InChI is InChI=1S/C20H17N3O5/c1-11-4-12(2)19(13(3)5-11)22-20(24)15(9-21)6-14-7-17-18(28-10-27-17)8-16(14)23(25)26/h4-8H,10H2,1-3H3,(H,22,24)/b15-6+. The molecule has 8 nitrogen and oxygen atoms in total. The highest BCUT2D eigenvalue weighted by Gasteiger charge is 2.23. The quantitative estimate of drug-likeness (QED) is 0.374. The van der Waals surface area contributed by atoms with Gasteiger partial charge in [-0.25, -0.2) is 0 Å². The number of carbonyl (C=O) groups excluding carboxylic acids is 1. The monoisotopic (exact) mass is 379 g/mol. The van der Waals surface area contributed by atoms with Crippen molar-refractivity contribution in [3.63, 3.8) is 0 Å². The van der Waals surface area contributed by atoms with Gasteiger partial charge in [0, 0.05) is 5.69 Å². The Morgan fingerprint density at radius 1 is 1.18 bits per heavy atom. The van der Waals surface area contributed by atoms with Crippen LogP contribution in [0.3, 0.4) is 0 Å². The summed E-state index contributed by atoms with van der Waals surface area (Å²) in [5, 5.41) is 23.5. The average Bonchev–Trinajstić information content (AvgIpc) is 3.08. The van der Waals surface area contributed by atoms with Gasteiger partial charge in [0.25, 0.3) is 11.6 Å². The normalized spacial score (nSPS) is 12.4. The highest BCUT2D eigenvalue weighted by Crippen LogP contribution is 2.38. The number of hydrogen-bond acceptors (Lipinski definition) is 6. The summed E-state index contributed by atoms with van der Waals surface area (Å²) < 4.78 is 10.4. The van der Waals surface area contributed by atoms with Crippen LogP contribution in [0, 0.1) is 42.2 Å². The maximum Gasteiger partial charge on any atom is 0.280 e. The lowest BCUT2D eigenvalue weighted by Crippen LogP contribution is -2.15. The maximum atomic E-state index is 12.6. The van der Waals surface area contributed by atoms with E-state index in [2.05, 4.69) is 5.32 Å². The summed E-state index contributed by atoms with van der Waals surface area (Å²) in [5.41, 5.74) is 2.92. The van der Waals surface area contributed by atoms with E-state index in [1.165, 1.54) is 18.2 Å². The van der Waals surface area contributed by atoms with Gasteiger partial charge in [-0.05, 0) is 44.0 Å². The smallest absolute Gasteiger partial charge is 0.280 e. The molecule has 0 radical (unpaired) electrons. The number of aryl methyl sites for hydroxylation is 3. The van der Waals surface area contributed by atoms with Crippen LogP contribution in [0.2, 0.25) is 0 Å². The molecule has 1 aliphatic rings. The number of amides is 1. The molecule has 0 aromatic heterocycles. The van der Waals surface area contributed by atoms with Gasteiger partial charge in [-0.2, -0.15) is 5.26 Å². The SMILES string of the molecule is Cc1cc(C)c(NC(=O)/C(C#N)=C/c2cc3c(cc2[N+](=O)[O-])OCO3)c(C)c1. The Balaban J connectivity index is 1.98. The number of benzene rings is 2. The fourth-order valence-electron chi connectivity index (χ4n) is 3.08. The Hall–Kier alpha value is -3.86. The van der Waals surface area contributed by atoms with Crippen LogP contribution in [-0.2, 0) is 4.79 Å². The van der Waals surface area contributed by atoms with E-state index in [-0.39, 0.29) is 29.4 Å². The van der Waals surface area contributed by atoms with E-state index >= 15 is 0 Å². The molecule has 1 N–H and O–H groups in total. The zero-order valence-corrected chi connectivity index (χ0v) is 15.5. The third-order valence-electron chi connectivity index (χ3n) is 4.30. The summed E-state index contributed by atoms with van der Waals surface area (Å²) in [6.45, 7) is 5.62. The van der Waals surface area contributed by atoms with Crippen molar-refractivity contribution in [1.29, 1.82) is 5.26 Å². The summed E-state index contributed by atoms with van der Waals surface area (Å²) in [5.74, 6) is -0.0815. The lowest BCUT2D eigenvalue weighted by atomic mass is 10.0. The minimum absolute atomic E-state index is 0.0444. The lowest BCUT2D eigenvalue weighted by molar-refractivity contribution is -0.385. The van der Waals surface area contributed by atoms with Gasteiger partial charge in [-0.1, -0.05) is 17.7 Å². The molecule has 1 heterocycles. The molecule has 1 amide bonds. The molecule has 0 atom stereocenters. The number of carbonyl (C=O) groups is 1. The fourth-order valence-corrected chi connectivity index (χ4v) is 3.08. The van der Waals surface area contributed by atoms with E-state index < -0.39 is 10.8 Å². The number of nitrogens with one attached hydrogen (secondary N) is 1. The zero-order chi connectivity index (χ0) is 20.4. The van der Waals surface area contributed by atoms with Crippen LogP contribution in [0.1, 0.15) is 22.3 Å². The fraction of sp³-hybridized carbons (Fsp3) is 0.200. The predicted octanol–water partition coefficient (Wildman–Crippen LogP) is 3.79. The van der Waals surface area contributed by atoms with Crippen molar-refractivity contribution in [3.05, 3.63) is 62.2 Å². The molecular formula is C20H17N3O5. The molecule has 0 saturated heterocycles. The summed E-state index contributed by atoms with van der Waals surface area (Å²) in [6, 6.07) is 8.24. The number of nitro benzene ring substituents is 1. The molecule has 8 heteroatoms. The summed E-state index contributed by atoms with van der Waals surface area (Å²) in [4.78, 5) is 23.4. The van der Waals surface area contributed by atoms with Crippen molar-refractivity contribution in [1.82, 2.24) is 0 Å². The third kappa shape index (κ3) is 3.64. The van der Waals surface area contributed by atoms with E-state index in [1.807, 2.05) is 39.0 Å². The molecule has 1 aliphatic heterocycles. The Morgan fingerprint density at radius 3 is 2.36 bits per heavy atom. The first kappa shape index (κ1) is 18.9. The van der Waals surface area contributed by atoms with E-state index in [0.717, 1.165) is 16.7 Å². The van der Waals surface area contributed by atoms with Crippen LogP contribution in [0.15, 0.2) is 29.8 Å². The minimum atomic E-state index is -0.649. The topological polar surface area (TPSA) is 114 Å². The average molecular weight is 379 g/mol. The van der Waals surface area contributed by atoms with Crippen molar-refractivity contribution in [2.75, 3.05) is 12.1 Å². The van der Waals surface area contributed by atoms with Gasteiger partial charge in [0.05, 0.1) is 16.6 Å². The first-order valence-electron chi connectivity index (χ1n) is 8.39. The van der Waals surface area contributed by atoms with Crippen molar-refractivity contribution in [2.24, 2.45) is 0 Å². The maximum absolute atomic E-state index is 12.6. The number of ether oxygens (including phenoxy) is 2. The third-order valence-corrected chi connectivity index (χ3v) is 4.30. The highest BCUT2D eigenvalue weighted by atomic mass is 16.7. The molecule has 0 aliphatic carbocycles. The van der Waals surface area contributed by atoms with Gasteiger partial charge in [-0.3, -0.25) is 14.9 Å². The van der Waals surface area contributed by atoms with Crippen LogP contribution in [-0.4, -0.2) is 17.6 Å². The second-order valence-corrected chi connectivity index (χ2v) is 6.42. The second kappa shape index (κ2) is 7.40. The molecule has 0 bridgehead atoms. The predicted molar refractivity (Wildman–Crippen MR) is 102 cm³/mol. The molecule has 28 heavy (non-hydrogen) atoms. The van der Waals surface area contributed by atoms with Crippen molar-refractivity contribution in [3.8, 4) is 17.6 Å². The van der Waals surface area contributed by atoms with Gasteiger partial charge < -0.3 is 14.8 Å². The molecule has 0 unspecified atom stereocenters. The summed E-state index contributed by atoms with van der Waals surface area (Å²) >= 11 is 0. The van der Waals surface area contributed by atoms with Crippen LogP contribution >= 0.6 is 0 Å². The number of hydrogen-bond donors (Lipinski definition) is 1. The van der Waals surface area contributed by atoms with Crippen LogP contribution < -0.4 is 14.8 Å². The van der Waals surface area contributed by atoms with Crippen molar-refractivity contribution < 1.29 is 19.2 Å². The molecule has 142 valence electrons. The molecule has 0 spiro atoms. The molecular weight excluding hydrogens is 362 g/mol. The highest BCUT2D eigenvalue weighted by molar-refractivity contribution is 6.10. The van der Waals surface area contributed by atoms with E-state index in [4.69, 9.17) is 9.47 Å². The van der Waals surface area contributed by atoms with Gasteiger partial charge in [0.15, 0.2) is 11.5 Å². The number of fused-ring (bicyclic) bond motifs is 1. The summed E-state index contributed by atoms with van der Waals surface area (Å²) in [6.07, 6.45) is 1.17. The number of anilines is 1. The molecule has 3 rings (SSSR count). The first-order valence-corrected chi connectivity index (χ1v) is 8.39. The number of nitriles is 1. The second-order valence-electron chi connectivity index (χ2n) is 6.42. The van der Waals surface area contributed by atoms with Gasteiger partial charge in [-0.15, -0.1) is 0 Å². The molecule has 2 aromatic carbocycles. The molecule has 0 fully saturated rings. The minimum Gasteiger partial charge on any atom is -0.454 e. The zero-order valence-electron chi connectivity index (χ0n) is 15.5.